The van der Waals surface area contributed by atoms with Crippen molar-refractivity contribution in [2.45, 2.75) is 45.6 Å². The monoisotopic (exact) mass is 447 g/mol. The Morgan fingerprint density at radius 2 is 2.00 bits per heavy atom. The van der Waals surface area contributed by atoms with Gasteiger partial charge in [0.2, 0.25) is 11.8 Å². The highest BCUT2D eigenvalue weighted by Crippen LogP contribution is 2.36. The summed E-state index contributed by atoms with van der Waals surface area (Å²) in [5.41, 5.74) is 4.18. The highest BCUT2D eigenvalue weighted by atomic mass is 16.5. The Balaban J connectivity index is 1.51. The number of fused-ring (bicyclic) bond motifs is 2. The third-order valence-corrected chi connectivity index (χ3v) is 6.62. The third-order valence-electron chi connectivity index (χ3n) is 6.62. The SMILES string of the molecule is CNC(=O)c1cnc2ccc(-c3ccn4nc(NC5CCC(C)(C)CC5)nc(OC)c34)cn12. The predicted molar refractivity (Wildman–Crippen MR) is 127 cm³/mol. The summed E-state index contributed by atoms with van der Waals surface area (Å²) in [4.78, 5) is 21.2. The summed E-state index contributed by atoms with van der Waals surface area (Å²) in [7, 11) is 3.23. The van der Waals surface area contributed by atoms with Crippen LogP contribution in [0.15, 0.2) is 36.8 Å². The standard InChI is InChI=1S/C24H29N7O2/c1-24(2)10-7-16(8-11-24)27-23-28-22(33-4)20-17(9-12-31(20)29-23)15-5-6-19-26-13-18(21(32)25-3)30(19)14-15/h5-6,9,12-14,16H,7-8,10-11H2,1-4H3,(H,25,32)(H,27,29). The molecule has 4 aromatic heterocycles. The molecule has 2 N–H and O–H groups in total. The second-order valence-electron chi connectivity index (χ2n) is 9.42. The molecule has 1 aliphatic carbocycles. The minimum atomic E-state index is -0.191. The summed E-state index contributed by atoms with van der Waals surface area (Å²) >= 11 is 0. The Morgan fingerprint density at radius 3 is 2.73 bits per heavy atom. The fourth-order valence-corrected chi connectivity index (χ4v) is 4.59. The zero-order valence-corrected chi connectivity index (χ0v) is 19.4. The van der Waals surface area contributed by atoms with Crippen LogP contribution in [0.1, 0.15) is 50.0 Å². The molecular formula is C24H29N7O2. The molecule has 0 bridgehead atoms. The van der Waals surface area contributed by atoms with Gasteiger partial charge < -0.3 is 15.4 Å². The molecule has 172 valence electrons. The van der Waals surface area contributed by atoms with E-state index in [-0.39, 0.29) is 5.91 Å². The summed E-state index contributed by atoms with van der Waals surface area (Å²) < 4.78 is 9.25. The zero-order valence-electron chi connectivity index (χ0n) is 19.4. The number of nitrogens with one attached hydrogen (secondary N) is 2. The fraction of sp³-hybridized carbons (Fsp3) is 0.417. The van der Waals surface area contributed by atoms with Crippen molar-refractivity contribution in [1.82, 2.24) is 29.3 Å². The lowest BCUT2D eigenvalue weighted by Crippen LogP contribution is -2.30. The molecular weight excluding hydrogens is 418 g/mol. The number of imidazole rings is 1. The van der Waals surface area contributed by atoms with Crippen LogP contribution in [0.2, 0.25) is 0 Å². The van der Waals surface area contributed by atoms with Crippen molar-refractivity contribution < 1.29 is 9.53 Å². The van der Waals surface area contributed by atoms with Crippen LogP contribution in [0.3, 0.4) is 0 Å². The largest absolute Gasteiger partial charge is 0.479 e. The second kappa shape index (κ2) is 8.06. The molecule has 1 fully saturated rings. The molecule has 5 rings (SSSR count). The third kappa shape index (κ3) is 3.88. The number of ether oxygens (including phenoxy) is 1. The van der Waals surface area contributed by atoms with Crippen molar-refractivity contribution in [2.75, 3.05) is 19.5 Å². The minimum Gasteiger partial charge on any atom is -0.479 e. The van der Waals surface area contributed by atoms with Crippen LogP contribution in [-0.4, -0.2) is 50.1 Å². The number of methoxy groups -OCH3 is 1. The molecule has 0 unspecified atom stereocenters. The number of aromatic nitrogens is 5. The van der Waals surface area contributed by atoms with Crippen molar-refractivity contribution >= 4 is 23.0 Å². The van der Waals surface area contributed by atoms with Gasteiger partial charge in [-0.25, -0.2) is 9.50 Å². The van der Waals surface area contributed by atoms with Crippen LogP contribution in [0.4, 0.5) is 5.95 Å². The van der Waals surface area contributed by atoms with Crippen molar-refractivity contribution in [2.24, 2.45) is 5.41 Å². The van der Waals surface area contributed by atoms with Gasteiger partial charge in [-0.05, 0) is 49.3 Å². The van der Waals surface area contributed by atoms with E-state index in [1.807, 2.05) is 30.6 Å². The second-order valence-corrected chi connectivity index (χ2v) is 9.42. The molecule has 9 nitrogen and oxygen atoms in total. The van der Waals surface area contributed by atoms with Crippen LogP contribution in [0.5, 0.6) is 5.88 Å². The first kappa shape index (κ1) is 21.2. The highest BCUT2D eigenvalue weighted by Gasteiger charge is 2.27. The van der Waals surface area contributed by atoms with Gasteiger partial charge in [-0.2, -0.15) is 4.98 Å². The van der Waals surface area contributed by atoms with Gasteiger partial charge in [0.05, 0.1) is 13.3 Å². The number of carbonyl (C=O) groups is 1. The maximum Gasteiger partial charge on any atom is 0.269 e. The molecule has 1 amide bonds. The van der Waals surface area contributed by atoms with Gasteiger partial charge in [-0.1, -0.05) is 13.8 Å². The van der Waals surface area contributed by atoms with E-state index in [0.29, 0.717) is 34.6 Å². The molecule has 4 heterocycles. The number of rotatable bonds is 5. The van der Waals surface area contributed by atoms with Crippen molar-refractivity contribution in [3.63, 3.8) is 0 Å². The molecule has 0 saturated heterocycles. The van der Waals surface area contributed by atoms with Gasteiger partial charge in [-0.3, -0.25) is 9.20 Å². The first-order valence-corrected chi connectivity index (χ1v) is 11.3. The van der Waals surface area contributed by atoms with Gasteiger partial charge in [-0.15, -0.1) is 5.10 Å². The quantitative estimate of drug-likeness (QED) is 0.483. The number of pyridine rings is 1. The number of anilines is 1. The van der Waals surface area contributed by atoms with E-state index in [2.05, 4.69) is 34.4 Å². The van der Waals surface area contributed by atoms with Gasteiger partial charge in [0.1, 0.15) is 16.9 Å². The van der Waals surface area contributed by atoms with Gasteiger partial charge in [0.25, 0.3) is 5.91 Å². The number of nitrogens with zero attached hydrogens (tertiary/aromatic N) is 5. The Hall–Kier alpha value is -3.62. The first-order chi connectivity index (χ1) is 15.9. The lowest BCUT2D eigenvalue weighted by atomic mass is 9.76. The number of amides is 1. The van der Waals surface area contributed by atoms with E-state index in [9.17, 15) is 4.79 Å². The van der Waals surface area contributed by atoms with Crippen LogP contribution in [0, 0.1) is 5.41 Å². The maximum absolute atomic E-state index is 12.2. The number of hydrogen-bond acceptors (Lipinski definition) is 6. The molecule has 1 saturated carbocycles. The number of carbonyl (C=O) groups excluding carboxylic acids is 1. The minimum absolute atomic E-state index is 0.191. The maximum atomic E-state index is 12.2. The fourth-order valence-electron chi connectivity index (χ4n) is 4.59. The van der Waals surface area contributed by atoms with Crippen LogP contribution in [-0.2, 0) is 0 Å². The van der Waals surface area contributed by atoms with Crippen LogP contribution >= 0.6 is 0 Å². The average molecular weight is 448 g/mol. The Morgan fingerprint density at radius 1 is 1.21 bits per heavy atom. The summed E-state index contributed by atoms with van der Waals surface area (Å²) in [6.07, 6.45) is 9.96. The lowest BCUT2D eigenvalue weighted by Gasteiger charge is -2.34. The summed E-state index contributed by atoms with van der Waals surface area (Å²) in [6, 6.07) is 6.21. The molecule has 33 heavy (non-hydrogen) atoms. The van der Waals surface area contributed by atoms with Crippen LogP contribution < -0.4 is 15.4 Å². The summed E-state index contributed by atoms with van der Waals surface area (Å²) in [5, 5.41) is 10.9. The first-order valence-electron chi connectivity index (χ1n) is 11.3. The Bertz CT molecular complexity index is 1330. The van der Waals surface area contributed by atoms with Crippen molar-refractivity contribution in [3.05, 3.63) is 42.5 Å². The molecule has 4 aromatic rings. The number of hydrogen-bond donors (Lipinski definition) is 2. The normalized spacial score (nSPS) is 16.2. The Kier molecular flexibility index (Phi) is 5.19. The van der Waals surface area contributed by atoms with E-state index in [1.165, 1.54) is 12.8 Å². The van der Waals surface area contributed by atoms with Crippen molar-refractivity contribution in [3.8, 4) is 17.0 Å². The molecule has 0 spiro atoms. The molecule has 0 aliphatic heterocycles. The zero-order chi connectivity index (χ0) is 23.2. The van der Waals surface area contributed by atoms with E-state index >= 15 is 0 Å². The topological polar surface area (TPSA) is 97.9 Å². The Labute approximate surface area is 192 Å². The van der Waals surface area contributed by atoms with Gasteiger partial charge >= 0.3 is 0 Å². The predicted octanol–water partition coefficient (Wildman–Crippen LogP) is 3.79. The molecule has 0 radical (unpaired) electrons. The van der Waals surface area contributed by atoms with E-state index < -0.39 is 0 Å². The summed E-state index contributed by atoms with van der Waals surface area (Å²) in [6.45, 7) is 4.66. The van der Waals surface area contributed by atoms with E-state index in [4.69, 9.17) is 9.84 Å². The van der Waals surface area contributed by atoms with Gasteiger partial charge in [0.15, 0.2) is 0 Å². The van der Waals surface area contributed by atoms with E-state index in [1.54, 1.807) is 29.3 Å². The molecule has 1 aliphatic rings. The highest BCUT2D eigenvalue weighted by molar-refractivity contribution is 5.93. The van der Waals surface area contributed by atoms with E-state index in [0.717, 1.165) is 29.5 Å². The average Bonchev–Trinajstić information content (AvgIpc) is 3.43. The molecule has 9 heteroatoms. The smallest absolute Gasteiger partial charge is 0.269 e. The molecule has 0 aromatic carbocycles. The van der Waals surface area contributed by atoms with Crippen LogP contribution in [0.25, 0.3) is 22.3 Å². The molecule has 0 atom stereocenters. The van der Waals surface area contributed by atoms with Crippen molar-refractivity contribution in [1.29, 1.82) is 0 Å². The van der Waals surface area contributed by atoms with Gasteiger partial charge in [0, 0.05) is 36.6 Å². The summed E-state index contributed by atoms with van der Waals surface area (Å²) in [5.74, 6) is 0.878. The lowest BCUT2D eigenvalue weighted by molar-refractivity contribution is 0.0957.